The van der Waals surface area contributed by atoms with E-state index < -0.39 is 53.6 Å². The van der Waals surface area contributed by atoms with Crippen molar-refractivity contribution >= 4 is 29.4 Å². The Morgan fingerprint density at radius 3 is 2.45 bits per heavy atom. The Morgan fingerprint density at radius 2 is 1.74 bits per heavy atom. The minimum Gasteiger partial charge on any atom is -0.497 e. The van der Waals surface area contributed by atoms with Crippen molar-refractivity contribution in [1.82, 2.24) is 9.80 Å². The molecule has 0 unspecified atom stereocenters. The molecule has 4 aliphatic heterocycles. The number of cyclic esters (lactones) is 1. The van der Waals surface area contributed by atoms with Gasteiger partial charge in [0.2, 0.25) is 11.8 Å². The summed E-state index contributed by atoms with van der Waals surface area (Å²) >= 11 is 0. The van der Waals surface area contributed by atoms with Crippen molar-refractivity contribution in [2.24, 2.45) is 11.8 Å². The van der Waals surface area contributed by atoms with E-state index in [0.29, 0.717) is 23.4 Å². The van der Waals surface area contributed by atoms with Gasteiger partial charge in [-0.3, -0.25) is 19.2 Å². The van der Waals surface area contributed by atoms with Crippen molar-refractivity contribution < 1.29 is 38.5 Å². The first-order valence-electron chi connectivity index (χ1n) is 16.1. The van der Waals surface area contributed by atoms with Crippen LogP contribution in [-0.4, -0.2) is 96.2 Å². The number of benzene rings is 2. The van der Waals surface area contributed by atoms with E-state index in [4.69, 9.17) is 14.2 Å². The number of methoxy groups -OCH3 is 1. The Balaban J connectivity index is 1.45. The highest BCUT2D eigenvalue weighted by Gasteiger charge is 2.73. The van der Waals surface area contributed by atoms with Crippen molar-refractivity contribution in [3.05, 3.63) is 84.5 Å². The molecule has 2 saturated heterocycles. The second-order valence-corrected chi connectivity index (χ2v) is 12.5. The Bertz CT molecular complexity index is 1560. The number of likely N-dealkylation sites (tertiary alicyclic amines) is 1. The molecule has 0 aliphatic carbocycles. The summed E-state index contributed by atoms with van der Waals surface area (Å²) in [6.45, 7) is 1.93. The van der Waals surface area contributed by atoms with Gasteiger partial charge >= 0.3 is 5.97 Å². The number of ether oxygens (including phenoxy) is 3. The number of aliphatic hydroxyl groups excluding tert-OH is 1. The van der Waals surface area contributed by atoms with E-state index in [2.05, 4.69) is 0 Å². The standard InChI is InChI=1S/C36H41N3O8/c1-23-31(24-11-6-4-7-12-24)46-35(44)29-27-18-19-36(47-27)30(29)33(42)39(21-10-22-40)32(36)34(43)38(25-14-16-26(45-3)17-15-25)20-9-5-8-13-28(41)37(23)2/h4-7,9,11-12,14-19,23,27,29-32,40H,8,10,13,20-22H2,1-3H3/b9-5-/t23-,27+,29-,30-,31+,32+,36-/m1/s1. The van der Waals surface area contributed by atoms with Gasteiger partial charge in [0, 0.05) is 38.9 Å². The van der Waals surface area contributed by atoms with Crippen LogP contribution in [0, 0.1) is 11.8 Å². The largest absolute Gasteiger partial charge is 0.497 e. The molecule has 1 spiro atoms. The summed E-state index contributed by atoms with van der Waals surface area (Å²) in [4.78, 5) is 61.3. The van der Waals surface area contributed by atoms with Crippen LogP contribution >= 0.6 is 0 Å². The fourth-order valence-corrected chi connectivity index (χ4v) is 7.33. The van der Waals surface area contributed by atoms with Gasteiger partial charge in [0.15, 0.2) is 0 Å². The number of hydrogen-bond donors (Lipinski definition) is 1. The molecule has 2 aromatic rings. The fourth-order valence-electron chi connectivity index (χ4n) is 7.33. The van der Waals surface area contributed by atoms with E-state index in [1.807, 2.05) is 49.4 Å². The summed E-state index contributed by atoms with van der Waals surface area (Å²) in [6, 6.07) is 14.7. The summed E-state index contributed by atoms with van der Waals surface area (Å²) in [7, 11) is 3.25. The molecule has 11 heteroatoms. The summed E-state index contributed by atoms with van der Waals surface area (Å²) in [5.41, 5.74) is -0.109. The highest BCUT2D eigenvalue weighted by Crippen LogP contribution is 2.56. The molecular formula is C36H41N3O8. The Morgan fingerprint density at radius 1 is 1.00 bits per heavy atom. The third kappa shape index (κ3) is 5.72. The van der Waals surface area contributed by atoms with Crippen molar-refractivity contribution in [3.8, 4) is 5.75 Å². The summed E-state index contributed by atoms with van der Waals surface area (Å²) in [5, 5.41) is 9.72. The molecule has 1 N–H and O–H groups in total. The highest BCUT2D eigenvalue weighted by molar-refractivity contribution is 6.05. The summed E-state index contributed by atoms with van der Waals surface area (Å²) in [5.74, 6) is -2.93. The van der Waals surface area contributed by atoms with Gasteiger partial charge in [-0.2, -0.15) is 0 Å². The lowest BCUT2D eigenvalue weighted by molar-refractivity contribution is -0.164. The molecule has 4 aliphatic rings. The number of likely N-dealkylation sites (N-methyl/N-ethyl adjacent to an activating group) is 1. The number of anilines is 1. The van der Waals surface area contributed by atoms with Crippen molar-refractivity contribution in [3.63, 3.8) is 0 Å². The van der Waals surface area contributed by atoms with Crippen molar-refractivity contribution in [2.45, 2.75) is 56.1 Å². The zero-order valence-electron chi connectivity index (χ0n) is 26.9. The maximum atomic E-state index is 14.8. The van der Waals surface area contributed by atoms with Crippen LogP contribution in [0.1, 0.15) is 37.9 Å². The Labute approximate surface area is 274 Å². The molecule has 47 heavy (non-hydrogen) atoms. The Hall–Kier alpha value is -4.48. The molecule has 5 bridgehead atoms. The minimum absolute atomic E-state index is 0.108. The van der Waals surface area contributed by atoms with Gasteiger partial charge in [0.1, 0.15) is 29.4 Å². The lowest BCUT2D eigenvalue weighted by atomic mass is 9.74. The number of allylic oxidation sites excluding steroid dienone is 1. The monoisotopic (exact) mass is 643 g/mol. The zero-order valence-corrected chi connectivity index (χ0v) is 26.9. The van der Waals surface area contributed by atoms with Crippen LogP contribution in [0.25, 0.3) is 0 Å². The van der Waals surface area contributed by atoms with Gasteiger partial charge in [-0.05, 0) is 49.6 Å². The molecule has 4 heterocycles. The number of amides is 3. The molecule has 0 saturated carbocycles. The molecular weight excluding hydrogens is 602 g/mol. The SMILES string of the molecule is COc1ccc(N2C/C=C\CCC(=O)N(C)[C@H](C)[C@@H](c3ccccc3)OC(=O)[C@@H]3[C@@H]4C=C[C@]5(O4)[C@H](C2=O)N(CCCO)C(=O)[C@@H]35)cc1. The van der Waals surface area contributed by atoms with Gasteiger partial charge in [0.25, 0.3) is 5.91 Å². The predicted molar refractivity (Wildman–Crippen MR) is 172 cm³/mol. The van der Waals surface area contributed by atoms with Crippen LogP contribution in [0.2, 0.25) is 0 Å². The number of nitrogens with zero attached hydrogens (tertiary/aromatic N) is 3. The molecule has 7 atom stereocenters. The van der Waals surface area contributed by atoms with Crippen LogP contribution in [0.3, 0.4) is 0 Å². The number of carbonyl (C=O) groups is 4. The molecule has 6 rings (SSSR count). The summed E-state index contributed by atoms with van der Waals surface area (Å²) in [6.07, 6.45) is 6.53. The normalized spacial score (nSPS) is 31.7. The van der Waals surface area contributed by atoms with E-state index in [1.165, 1.54) is 4.90 Å². The first-order valence-corrected chi connectivity index (χ1v) is 16.1. The number of fused-ring (bicyclic) bond motifs is 2. The maximum Gasteiger partial charge on any atom is 0.313 e. The molecule has 248 valence electrons. The Kier molecular flexibility index (Phi) is 9.20. The fraction of sp³-hybridized carbons (Fsp3) is 0.444. The molecule has 0 radical (unpaired) electrons. The predicted octanol–water partition coefficient (Wildman–Crippen LogP) is 3.04. The molecule has 2 aromatic carbocycles. The second-order valence-electron chi connectivity index (χ2n) is 12.5. The van der Waals surface area contributed by atoms with Crippen molar-refractivity contribution in [2.75, 3.05) is 38.8 Å². The van der Waals surface area contributed by atoms with Crippen molar-refractivity contribution in [1.29, 1.82) is 0 Å². The van der Waals surface area contributed by atoms with Crippen LogP contribution in [0.5, 0.6) is 5.75 Å². The number of carbonyl (C=O) groups excluding carboxylic acids is 4. The second kappa shape index (κ2) is 13.3. The quantitative estimate of drug-likeness (QED) is 0.376. The van der Waals surface area contributed by atoms with E-state index >= 15 is 0 Å². The lowest BCUT2D eigenvalue weighted by Crippen LogP contribution is -2.56. The van der Waals surface area contributed by atoms with Gasteiger partial charge in [-0.25, -0.2) is 0 Å². The summed E-state index contributed by atoms with van der Waals surface area (Å²) < 4.78 is 18.1. The number of hydrogen-bond acceptors (Lipinski definition) is 8. The topological polar surface area (TPSA) is 126 Å². The van der Waals surface area contributed by atoms with Gasteiger partial charge in [-0.15, -0.1) is 0 Å². The van der Waals surface area contributed by atoms with Crippen LogP contribution in [0.4, 0.5) is 5.69 Å². The van der Waals surface area contributed by atoms with E-state index in [1.54, 1.807) is 60.4 Å². The number of rotatable bonds is 6. The number of esters is 1. The average Bonchev–Trinajstić information content (AvgIpc) is 3.74. The van der Waals surface area contributed by atoms with Crippen LogP contribution in [-0.2, 0) is 28.7 Å². The molecule has 11 nitrogen and oxygen atoms in total. The first-order chi connectivity index (χ1) is 22.7. The van der Waals surface area contributed by atoms with Gasteiger partial charge in [0.05, 0.1) is 25.2 Å². The van der Waals surface area contributed by atoms with Gasteiger partial charge < -0.3 is 34.0 Å². The third-order valence-electron chi connectivity index (χ3n) is 9.88. The van der Waals surface area contributed by atoms with Crippen LogP contribution in [0.15, 0.2) is 78.9 Å². The average molecular weight is 644 g/mol. The maximum absolute atomic E-state index is 14.8. The first kappa shape index (κ1) is 32.5. The molecule has 2 fully saturated rings. The highest BCUT2D eigenvalue weighted by atomic mass is 16.6. The third-order valence-corrected chi connectivity index (χ3v) is 9.88. The molecule has 3 amide bonds. The zero-order chi connectivity index (χ0) is 33.3. The van der Waals surface area contributed by atoms with E-state index in [0.717, 1.165) is 0 Å². The minimum atomic E-state index is -1.40. The smallest absolute Gasteiger partial charge is 0.313 e. The van der Waals surface area contributed by atoms with E-state index in [9.17, 15) is 24.3 Å². The van der Waals surface area contributed by atoms with Crippen LogP contribution < -0.4 is 9.64 Å². The van der Waals surface area contributed by atoms with Gasteiger partial charge in [-0.1, -0.05) is 54.6 Å². The molecule has 0 aromatic heterocycles. The lowest BCUT2D eigenvalue weighted by Gasteiger charge is -2.36. The number of aliphatic hydroxyl groups is 1. The van der Waals surface area contributed by atoms with E-state index in [-0.39, 0.29) is 44.4 Å².